The molecule has 1 rings (SSSR count). The smallest absolute Gasteiger partial charge is 0.226 e. The Morgan fingerprint density at radius 2 is 2.00 bits per heavy atom. The zero-order chi connectivity index (χ0) is 12.1. The fourth-order valence-corrected chi connectivity index (χ4v) is 1.46. The topological polar surface area (TPSA) is 32.3 Å². The van der Waals surface area contributed by atoms with Gasteiger partial charge in [0, 0.05) is 33.9 Å². The molecule has 0 fully saturated rings. The van der Waals surface area contributed by atoms with Crippen molar-refractivity contribution in [2.75, 3.05) is 37.5 Å². The van der Waals surface area contributed by atoms with Gasteiger partial charge in [0.05, 0.1) is 0 Å². The number of anilines is 2. The van der Waals surface area contributed by atoms with Crippen molar-refractivity contribution in [1.82, 2.24) is 9.97 Å². The predicted octanol–water partition coefficient (Wildman–Crippen LogP) is 2.02. The van der Waals surface area contributed by atoms with Crippen LogP contribution in [0.25, 0.3) is 0 Å². The third kappa shape index (κ3) is 3.36. The van der Waals surface area contributed by atoms with Gasteiger partial charge in [-0.3, -0.25) is 0 Å². The highest BCUT2D eigenvalue weighted by atomic mass is 15.3. The van der Waals surface area contributed by atoms with E-state index in [9.17, 15) is 0 Å². The summed E-state index contributed by atoms with van der Waals surface area (Å²) in [5, 5.41) is 0. The summed E-state index contributed by atoms with van der Waals surface area (Å²) in [5.41, 5.74) is 0. The Balaban J connectivity index is 2.75. The van der Waals surface area contributed by atoms with Crippen LogP contribution in [-0.2, 0) is 0 Å². The molecule has 90 valence electrons. The van der Waals surface area contributed by atoms with Crippen LogP contribution < -0.4 is 9.80 Å². The van der Waals surface area contributed by atoms with E-state index in [1.807, 2.05) is 31.3 Å². The third-order valence-electron chi connectivity index (χ3n) is 2.70. The normalized spacial score (nSPS) is 12.3. The first-order valence-electron chi connectivity index (χ1n) is 5.76. The summed E-state index contributed by atoms with van der Waals surface area (Å²) in [6.45, 7) is 5.49. The largest absolute Gasteiger partial charge is 0.359 e. The van der Waals surface area contributed by atoms with Crippen LogP contribution in [0.3, 0.4) is 0 Å². The fraction of sp³-hybridized carbons (Fsp3) is 0.667. The van der Waals surface area contributed by atoms with Crippen LogP contribution >= 0.6 is 0 Å². The highest BCUT2D eigenvalue weighted by Crippen LogP contribution is 2.14. The van der Waals surface area contributed by atoms with Crippen molar-refractivity contribution in [3.8, 4) is 0 Å². The lowest BCUT2D eigenvalue weighted by molar-refractivity contribution is 0.557. The van der Waals surface area contributed by atoms with Gasteiger partial charge in [0.15, 0.2) is 0 Å². The number of hydrogen-bond acceptors (Lipinski definition) is 4. The van der Waals surface area contributed by atoms with Crippen molar-refractivity contribution in [1.29, 1.82) is 0 Å². The highest BCUT2D eigenvalue weighted by Gasteiger charge is 2.08. The Labute approximate surface area is 98.3 Å². The molecule has 0 N–H and O–H groups in total. The minimum absolute atomic E-state index is 0.683. The van der Waals surface area contributed by atoms with Crippen molar-refractivity contribution in [2.45, 2.75) is 20.3 Å². The fourth-order valence-electron chi connectivity index (χ4n) is 1.46. The Morgan fingerprint density at radius 3 is 2.56 bits per heavy atom. The maximum atomic E-state index is 4.50. The molecule has 16 heavy (non-hydrogen) atoms. The molecule has 4 nitrogen and oxygen atoms in total. The molecule has 0 aliphatic rings. The van der Waals surface area contributed by atoms with E-state index in [0.717, 1.165) is 18.3 Å². The van der Waals surface area contributed by atoms with Gasteiger partial charge < -0.3 is 9.80 Å². The molecular formula is C12H22N4. The quantitative estimate of drug-likeness (QED) is 0.763. The average molecular weight is 222 g/mol. The second kappa shape index (κ2) is 5.68. The van der Waals surface area contributed by atoms with E-state index in [4.69, 9.17) is 0 Å². The van der Waals surface area contributed by atoms with Crippen LogP contribution in [0.5, 0.6) is 0 Å². The van der Waals surface area contributed by atoms with Gasteiger partial charge in [-0.05, 0) is 12.0 Å². The Bertz CT molecular complexity index is 325. The first-order chi connectivity index (χ1) is 7.54. The molecule has 0 aliphatic carbocycles. The first kappa shape index (κ1) is 12.7. The minimum atomic E-state index is 0.683. The second-order valence-corrected chi connectivity index (χ2v) is 4.50. The standard InChI is InChI=1S/C12H22N4/c1-6-10(2)9-16(5)11-7-8-13-12(14-11)15(3)4/h7-8,10H,6,9H2,1-5H3/t10-/m0/s1. The minimum Gasteiger partial charge on any atom is -0.359 e. The van der Waals surface area contributed by atoms with E-state index in [2.05, 4.69) is 35.8 Å². The van der Waals surface area contributed by atoms with Gasteiger partial charge in [-0.15, -0.1) is 0 Å². The molecule has 0 unspecified atom stereocenters. The summed E-state index contributed by atoms with van der Waals surface area (Å²) in [7, 11) is 5.98. The van der Waals surface area contributed by atoms with Gasteiger partial charge >= 0.3 is 0 Å². The molecule has 1 atom stereocenters. The summed E-state index contributed by atoms with van der Waals surface area (Å²) in [6.07, 6.45) is 3.00. The monoisotopic (exact) mass is 222 g/mol. The van der Waals surface area contributed by atoms with Crippen molar-refractivity contribution >= 4 is 11.8 Å². The molecule has 0 aliphatic heterocycles. The molecule has 0 saturated heterocycles. The lowest BCUT2D eigenvalue weighted by Gasteiger charge is -2.22. The van der Waals surface area contributed by atoms with Crippen LogP contribution in [0.2, 0.25) is 0 Å². The zero-order valence-corrected chi connectivity index (χ0v) is 10.9. The van der Waals surface area contributed by atoms with E-state index in [0.29, 0.717) is 5.92 Å². The van der Waals surface area contributed by atoms with E-state index < -0.39 is 0 Å². The van der Waals surface area contributed by atoms with E-state index in [-0.39, 0.29) is 0 Å². The molecule has 1 heterocycles. The van der Waals surface area contributed by atoms with Crippen molar-refractivity contribution in [3.05, 3.63) is 12.3 Å². The SMILES string of the molecule is CC[C@H](C)CN(C)c1ccnc(N(C)C)n1. The number of aromatic nitrogens is 2. The average Bonchev–Trinajstić information content (AvgIpc) is 2.28. The van der Waals surface area contributed by atoms with Gasteiger partial charge in [-0.1, -0.05) is 20.3 Å². The molecule has 0 aromatic carbocycles. The molecule has 0 saturated carbocycles. The number of rotatable bonds is 5. The first-order valence-corrected chi connectivity index (χ1v) is 5.76. The summed E-state index contributed by atoms with van der Waals surface area (Å²) in [4.78, 5) is 12.8. The van der Waals surface area contributed by atoms with Gasteiger partial charge in [0.25, 0.3) is 0 Å². The maximum absolute atomic E-state index is 4.50. The molecule has 0 spiro atoms. The molecular weight excluding hydrogens is 200 g/mol. The van der Waals surface area contributed by atoms with Crippen LogP contribution in [0.15, 0.2) is 12.3 Å². The summed E-state index contributed by atoms with van der Waals surface area (Å²) < 4.78 is 0. The number of nitrogens with zero attached hydrogens (tertiary/aromatic N) is 4. The Kier molecular flexibility index (Phi) is 4.52. The molecule has 4 heteroatoms. The van der Waals surface area contributed by atoms with Crippen LogP contribution in [0.4, 0.5) is 11.8 Å². The van der Waals surface area contributed by atoms with Crippen molar-refractivity contribution < 1.29 is 0 Å². The van der Waals surface area contributed by atoms with Gasteiger partial charge in [-0.2, -0.15) is 4.98 Å². The second-order valence-electron chi connectivity index (χ2n) is 4.50. The van der Waals surface area contributed by atoms with Crippen LogP contribution in [-0.4, -0.2) is 37.7 Å². The molecule has 0 radical (unpaired) electrons. The third-order valence-corrected chi connectivity index (χ3v) is 2.70. The Morgan fingerprint density at radius 1 is 1.31 bits per heavy atom. The molecule has 1 aromatic rings. The van der Waals surface area contributed by atoms with E-state index >= 15 is 0 Å². The van der Waals surface area contributed by atoms with Crippen molar-refractivity contribution in [2.24, 2.45) is 5.92 Å². The number of hydrogen-bond donors (Lipinski definition) is 0. The lowest BCUT2D eigenvalue weighted by atomic mass is 10.1. The van der Waals surface area contributed by atoms with Crippen LogP contribution in [0.1, 0.15) is 20.3 Å². The molecule has 1 aromatic heterocycles. The molecule has 0 amide bonds. The van der Waals surface area contributed by atoms with Crippen LogP contribution in [0, 0.1) is 5.92 Å². The van der Waals surface area contributed by atoms with Gasteiger partial charge in [0.1, 0.15) is 5.82 Å². The highest BCUT2D eigenvalue weighted by molar-refractivity contribution is 5.42. The zero-order valence-electron chi connectivity index (χ0n) is 10.9. The summed E-state index contributed by atoms with van der Waals surface area (Å²) in [5.74, 6) is 2.43. The lowest BCUT2D eigenvalue weighted by Crippen LogP contribution is -2.25. The maximum Gasteiger partial charge on any atom is 0.226 e. The van der Waals surface area contributed by atoms with E-state index in [1.54, 1.807) is 0 Å². The predicted molar refractivity (Wildman–Crippen MR) is 69.1 cm³/mol. The Hall–Kier alpha value is -1.32. The van der Waals surface area contributed by atoms with Gasteiger partial charge in [0.2, 0.25) is 5.95 Å². The summed E-state index contributed by atoms with van der Waals surface area (Å²) in [6, 6.07) is 1.95. The van der Waals surface area contributed by atoms with Gasteiger partial charge in [-0.25, -0.2) is 4.98 Å². The van der Waals surface area contributed by atoms with E-state index in [1.165, 1.54) is 6.42 Å². The molecule has 0 bridgehead atoms. The van der Waals surface area contributed by atoms with Crippen molar-refractivity contribution in [3.63, 3.8) is 0 Å². The summed E-state index contributed by atoms with van der Waals surface area (Å²) >= 11 is 0.